The van der Waals surface area contributed by atoms with Gasteiger partial charge in [0.15, 0.2) is 0 Å². The number of aromatic nitrogens is 1. The number of hydrogen-bond acceptors (Lipinski definition) is 3. The highest BCUT2D eigenvalue weighted by molar-refractivity contribution is 7.89. The van der Waals surface area contributed by atoms with Crippen LogP contribution in [0.4, 0.5) is 23.2 Å². The van der Waals surface area contributed by atoms with Gasteiger partial charge >= 0.3 is 6.18 Å². The van der Waals surface area contributed by atoms with Crippen LogP contribution in [-0.4, -0.2) is 30.4 Å². The van der Waals surface area contributed by atoms with E-state index in [0.29, 0.717) is 0 Å². The second-order valence-electron chi connectivity index (χ2n) is 5.19. The molecule has 0 saturated heterocycles. The van der Waals surface area contributed by atoms with Crippen molar-refractivity contribution in [1.29, 1.82) is 0 Å². The fourth-order valence-electron chi connectivity index (χ4n) is 2.40. The molecule has 0 saturated carbocycles. The average molecular weight is 387 g/mol. The van der Waals surface area contributed by atoms with Crippen molar-refractivity contribution in [2.45, 2.75) is 24.0 Å². The third kappa shape index (κ3) is 4.00. The molecule has 0 amide bonds. The van der Waals surface area contributed by atoms with Gasteiger partial charge in [0.25, 0.3) is 0 Å². The Bertz CT molecular complexity index is 922. The van der Waals surface area contributed by atoms with Crippen LogP contribution >= 0.6 is 0 Å². The first-order valence-electron chi connectivity index (χ1n) is 7.27. The standard InChI is InChI=1S/C16H13F4N3O2S/c1-3-23(26(24,25)14-8-13(21-2)9-22-10-14)15(16(18,19)20)11-4-6-12(17)7-5-11/h4-10,15H,3H2,1H3/t15-/m1/s1. The summed E-state index contributed by atoms with van der Waals surface area (Å²) < 4.78 is 79.9. The molecule has 0 aliphatic carbocycles. The fourth-order valence-corrected chi connectivity index (χ4v) is 3.99. The van der Waals surface area contributed by atoms with Crippen molar-refractivity contribution in [3.63, 3.8) is 0 Å². The van der Waals surface area contributed by atoms with Gasteiger partial charge < -0.3 is 0 Å². The molecule has 10 heteroatoms. The zero-order valence-electron chi connectivity index (χ0n) is 13.4. The van der Waals surface area contributed by atoms with Gasteiger partial charge in [-0.15, -0.1) is 0 Å². The maximum Gasteiger partial charge on any atom is 0.409 e. The Morgan fingerprint density at radius 3 is 2.35 bits per heavy atom. The summed E-state index contributed by atoms with van der Waals surface area (Å²) in [5, 5.41) is 0. The average Bonchev–Trinajstić information content (AvgIpc) is 2.59. The molecule has 0 unspecified atom stereocenters. The van der Waals surface area contributed by atoms with Crippen molar-refractivity contribution >= 4 is 15.7 Å². The van der Waals surface area contributed by atoms with Crippen molar-refractivity contribution in [3.8, 4) is 0 Å². The van der Waals surface area contributed by atoms with Crippen LogP contribution in [0.2, 0.25) is 0 Å². The Balaban J connectivity index is 2.60. The molecule has 0 radical (unpaired) electrons. The van der Waals surface area contributed by atoms with E-state index in [0.717, 1.165) is 42.7 Å². The summed E-state index contributed by atoms with van der Waals surface area (Å²) in [5.74, 6) is -0.741. The lowest BCUT2D eigenvalue weighted by molar-refractivity contribution is -0.173. The van der Waals surface area contributed by atoms with Crippen molar-refractivity contribution in [2.24, 2.45) is 0 Å². The molecule has 0 spiro atoms. The molecule has 1 aromatic heterocycles. The first-order chi connectivity index (χ1) is 12.1. The van der Waals surface area contributed by atoms with E-state index in [1.54, 1.807) is 0 Å². The van der Waals surface area contributed by atoms with Gasteiger partial charge in [-0.3, -0.25) is 4.98 Å². The van der Waals surface area contributed by atoms with E-state index < -0.39 is 45.1 Å². The summed E-state index contributed by atoms with van der Waals surface area (Å²) in [6.07, 6.45) is -2.96. The Morgan fingerprint density at radius 2 is 1.85 bits per heavy atom. The molecule has 1 heterocycles. The van der Waals surface area contributed by atoms with Gasteiger partial charge in [0.05, 0.1) is 11.5 Å². The summed E-state index contributed by atoms with van der Waals surface area (Å²) in [6, 6.07) is 1.88. The second-order valence-corrected chi connectivity index (χ2v) is 7.09. The van der Waals surface area contributed by atoms with Crippen LogP contribution in [0.3, 0.4) is 0 Å². The van der Waals surface area contributed by atoms with Crippen LogP contribution in [0.5, 0.6) is 0 Å². The van der Waals surface area contributed by atoms with Crippen LogP contribution in [0.25, 0.3) is 4.85 Å². The molecule has 0 bridgehead atoms. The predicted octanol–water partition coefficient (Wildman–Crippen LogP) is 4.09. The second kappa shape index (κ2) is 7.39. The van der Waals surface area contributed by atoms with Crippen LogP contribution in [0, 0.1) is 12.4 Å². The molecule has 0 N–H and O–H groups in total. The number of halogens is 4. The fraction of sp³-hybridized carbons (Fsp3) is 0.250. The molecule has 5 nitrogen and oxygen atoms in total. The first kappa shape index (κ1) is 19.8. The third-order valence-corrected chi connectivity index (χ3v) is 5.44. The summed E-state index contributed by atoms with van der Waals surface area (Å²) in [7, 11) is -4.61. The minimum absolute atomic E-state index is 0.118. The zero-order chi connectivity index (χ0) is 19.5. The van der Waals surface area contributed by atoms with Gasteiger partial charge in [-0.05, 0) is 23.8 Å². The molecule has 26 heavy (non-hydrogen) atoms. The molecule has 0 aliphatic rings. The van der Waals surface area contributed by atoms with Gasteiger partial charge in [-0.1, -0.05) is 19.1 Å². The monoisotopic (exact) mass is 387 g/mol. The number of pyridine rings is 1. The summed E-state index contributed by atoms with van der Waals surface area (Å²) in [6.45, 7) is 7.66. The SMILES string of the molecule is [C-]#[N+]c1cncc(S(=O)(=O)N(CC)[C@H](c2ccc(F)cc2)C(F)(F)F)c1. The van der Waals surface area contributed by atoms with Gasteiger partial charge in [0.1, 0.15) is 11.9 Å². The lowest BCUT2D eigenvalue weighted by atomic mass is 10.1. The van der Waals surface area contributed by atoms with Crippen molar-refractivity contribution in [2.75, 3.05) is 6.54 Å². The normalized spacial score (nSPS) is 13.4. The smallest absolute Gasteiger partial charge is 0.275 e. The van der Waals surface area contributed by atoms with E-state index in [4.69, 9.17) is 6.57 Å². The maximum atomic E-state index is 13.7. The summed E-state index contributed by atoms with van der Waals surface area (Å²) in [4.78, 5) is 6.10. The van der Waals surface area contributed by atoms with E-state index in [1.807, 2.05) is 0 Å². The molecular weight excluding hydrogens is 374 g/mol. The Morgan fingerprint density at radius 1 is 1.23 bits per heavy atom. The molecule has 0 aliphatic heterocycles. The maximum absolute atomic E-state index is 13.7. The Kier molecular flexibility index (Phi) is 5.63. The lowest BCUT2D eigenvalue weighted by Crippen LogP contribution is -2.42. The molecule has 1 atom stereocenters. The van der Waals surface area contributed by atoms with Crippen LogP contribution in [-0.2, 0) is 10.0 Å². The number of hydrogen-bond donors (Lipinski definition) is 0. The van der Waals surface area contributed by atoms with Gasteiger partial charge in [-0.25, -0.2) is 17.7 Å². The number of nitrogens with zero attached hydrogens (tertiary/aromatic N) is 3. The van der Waals surface area contributed by atoms with Gasteiger partial charge in [0, 0.05) is 18.9 Å². The first-order valence-corrected chi connectivity index (χ1v) is 8.71. The Hall–Kier alpha value is -2.51. The molecule has 138 valence electrons. The largest absolute Gasteiger partial charge is 0.409 e. The highest BCUT2D eigenvalue weighted by Crippen LogP contribution is 2.40. The van der Waals surface area contributed by atoms with E-state index in [9.17, 15) is 26.0 Å². The highest BCUT2D eigenvalue weighted by Gasteiger charge is 2.48. The van der Waals surface area contributed by atoms with Crippen molar-refractivity contribution < 1.29 is 26.0 Å². The molecule has 0 fully saturated rings. The molecule has 2 rings (SSSR count). The number of rotatable bonds is 5. The molecule has 1 aromatic carbocycles. The van der Waals surface area contributed by atoms with Crippen molar-refractivity contribution in [1.82, 2.24) is 9.29 Å². The van der Waals surface area contributed by atoms with Gasteiger partial charge in [0.2, 0.25) is 15.7 Å². The van der Waals surface area contributed by atoms with E-state index in [1.165, 1.54) is 6.92 Å². The quantitative estimate of drug-likeness (QED) is 0.574. The van der Waals surface area contributed by atoms with E-state index in [-0.39, 0.29) is 9.99 Å². The minimum atomic E-state index is -4.94. The van der Waals surface area contributed by atoms with Crippen LogP contribution in [0.15, 0.2) is 47.6 Å². The van der Waals surface area contributed by atoms with Gasteiger partial charge in [-0.2, -0.15) is 17.5 Å². The van der Waals surface area contributed by atoms with E-state index in [2.05, 4.69) is 9.83 Å². The molecular formula is C16H13F4N3O2S. The highest BCUT2D eigenvalue weighted by atomic mass is 32.2. The number of sulfonamides is 1. The zero-order valence-corrected chi connectivity index (χ0v) is 14.2. The van der Waals surface area contributed by atoms with Crippen LogP contribution in [0.1, 0.15) is 18.5 Å². The Labute approximate surface area is 147 Å². The number of benzene rings is 1. The minimum Gasteiger partial charge on any atom is -0.275 e. The van der Waals surface area contributed by atoms with Crippen LogP contribution < -0.4 is 0 Å². The lowest BCUT2D eigenvalue weighted by Gasteiger charge is -2.31. The summed E-state index contributed by atoms with van der Waals surface area (Å²) >= 11 is 0. The summed E-state index contributed by atoms with van der Waals surface area (Å²) in [5.41, 5.74) is -0.536. The molecule has 2 aromatic rings. The number of alkyl halides is 3. The predicted molar refractivity (Wildman–Crippen MR) is 85.3 cm³/mol. The van der Waals surface area contributed by atoms with Crippen molar-refractivity contribution in [3.05, 3.63) is 65.5 Å². The third-order valence-electron chi connectivity index (χ3n) is 3.53. The topological polar surface area (TPSA) is 54.6 Å². The van der Waals surface area contributed by atoms with E-state index >= 15 is 0 Å².